The van der Waals surface area contributed by atoms with Crippen LogP contribution in [0.2, 0.25) is 0 Å². The molecule has 4 rings (SSSR count). The van der Waals surface area contributed by atoms with Gasteiger partial charge in [0.1, 0.15) is 23.1 Å². The number of benzene rings is 1. The highest BCUT2D eigenvalue weighted by atomic mass is 32.2. The molecule has 0 spiro atoms. The summed E-state index contributed by atoms with van der Waals surface area (Å²) in [5, 5.41) is -0.210. The maximum Gasteiger partial charge on any atom is 0.203 e. The first kappa shape index (κ1) is 26.6. The molecule has 1 aromatic carbocycles. The van der Waals surface area contributed by atoms with Crippen LogP contribution in [0, 0.1) is 11.8 Å². The van der Waals surface area contributed by atoms with Crippen LogP contribution in [0.15, 0.2) is 59.6 Å². The van der Waals surface area contributed by atoms with Crippen LogP contribution >= 0.6 is 0 Å². The van der Waals surface area contributed by atoms with Crippen molar-refractivity contribution in [3.8, 4) is 17.0 Å². The zero-order valence-electron chi connectivity index (χ0n) is 21.6. The zero-order chi connectivity index (χ0) is 26.6. The molecule has 1 aliphatic heterocycles. The molecule has 0 atom stereocenters. The van der Waals surface area contributed by atoms with E-state index < -0.39 is 21.4 Å². The van der Waals surface area contributed by atoms with Crippen molar-refractivity contribution in [2.24, 2.45) is 11.8 Å². The molecule has 1 saturated heterocycles. The first-order valence-electron chi connectivity index (χ1n) is 12.6. The van der Waals surface area contributed by atoms with Crippen LogP contribution in [0.25, 0.3) is 11.3 Å². The van der Waals surface area contributed by atoms with Crippen LogP contribution in [0.3, 0.4) is 0 Å². The van der Waals surface area contributed by atoms with Gasteiger partial charge >= 0.3 is 0 Å². The molecule has 0 bridgehead atoms. The number of ketones is 1. The van der Waals surface area contributed by atoms with Gasteiger partial charge in [-0.1, -0.05) is 26.8 Å². The highest BCUT2D eigenvalue weighted by Crippen LogP contribution is 2.30. The quantitative estimate of drug-likeness (QED) is 0.393. The molecule has 2 aromatic heterocycles. The maximum atomic E-state index is 13.3. The fourth-order valence-corrected chi connectivity index (χ4v) is 5.38. The van der Waals surface area contributed by atoms with Crippen molar-refractivity contribution in [2.45, 2.75) is 38.6 Å². The molecular weight excluding hydrogens is 488 g/mol. The van der Waals surface area contributed by atoms with Crippen molar-refractivity contribution in [2.75, 3.05) is 36.1 Å². The number of carbonyl (C=O) groups excluding carboxylic acids is 1. The molecule has 2 N–H and O–H groups in total. The number of hydrogen-bond acceptors (Lipinski definition) is 8. The van der Waals surface area contributed by atoms with Gasteiger partial charge in [-0.25, -0.2) is 18.4 Å². The summed E-state index contributed by atoms with van der Waals surface area (Å²) in [6.45, 7) is 8.55. The van der Waals surface area contributed by atoms with E-state index >= 15 is 0 Å². The predicted molar refractivity (Wildman–Crippen MR) is 148 cm³/mol. The summed E-state index contributed by atoms with van der Waals surface area (Å²) in [4.78, 5) is 24.2. The number of Topliss-reactive ketones (excluding diaryl/α,β-unsaturated/α-hetero) is 1. The SMILES string of the molecule is CC(C)COc1ccc(-c2ccc(C(=O)CS(=O)(=O)c3cccc(N)n3)c(N3CCC(C)CC3)n2)cc1.[HH]. The van der Waals surface area contributed by atoms with E-state index in [1.54, 1.807) is 12.1 Å². The molecule has 0 amide bonds. The van der Waals surface area contributed by atoms with Crippen LogP contribution in [0.5, 0.6) is 5.75 Å². The fraction of sp³-hybridized carbons (Fsp3) is 0.393. The van der Waals surface area contributed by atoms with Crippen molar-refractivity contribution in [3.05, 3.63) is 60.2 Å². The molecule has 0 saturated carbocycles. The van der Waals surface area contributed by atoms with E-state index in [1.165, 1.54) is 18.2 Å². The average Bonchev–Trinajstić information content (AvgIpc) is 2.87. The first-order valence-corrected chi connectivity index (χ1v) is 14.3. The number of ether oxygens (including phenoxy) is 1. The minimum atomic E-state index is -3.97. The van der Waals surface area contributed by atoms with Crippen molar-refractivity contribution >= 4 is 27.3 Å². The number of nitrogen functional groups attached to an aromatic ring is 1. The summed E-state index contributed by atoms with van der Waals surface area (Å²) in [6.07, 6.45) is 1.96. The van der Waals surface area contributed by atoms with E-state index in [1.807, 2.05) is 24.3 Å². The normalized spacial score (nSPS) is 14.6. The van der Waals surface area contributed by atoms with E-state index in [-0.39, 0.29) is 12.3 Å². The monoisotopic (exact) mass is 524 g/mol. The molecular formula is C28H36N4O4S. The van der Waals surface area contributed by atoms with Gasteiger partial charge in [-0.05, 0) is 73.2 Å². The second-order valence-corrected chi connectivity index (χ2v) is 12.0. The molecule has 3 heterocycles. The summed E-state index contributed by atoms with van der Waals surface area (Å²) in [6, 6.07) is 15.5. The number of hydrogen-bond donors (Lipinski definition) is 1. The van der Waals surface area contributed by atoms with Crippen molar-refractivity contribution in [1.29, 1.82) is 0 Å². The summed E-state index contributed by atoms with van der Waals surface area (Å²) in [5.41, 5.74) is 7.55. The predicted octanol–water partition coefficient (Wildman–Crippen LogP) is 4.90. The molecule has 1 aliphatic rings. The van der Waals surface area contributed by atoms with Gasteiger partial charge in [0.15, 0.2) is 10.8 Å². The maximum absolute atomic E-state index is 13.3. The van der Waals surface area contributed by atoms with Gasteiger partial charge in [0.05, 0.1) is 17.9 Å². The Labute approximate surface area is 220 Å². The van der Waals surface area contributed by atoms with Gasteiger partial charge in [-0.2, -0.15) is 0 Å². The van der Waals surface area contributed by atoms with Gasteiger partial charge in [0.2, 0.25) is 9.84 Å². The van der Waals surface area contributed by atoms with E-state index in [0.29, 0.717) is 35.5 Å². The third-order valence-electron chi connectivity index (χ3n) is 6.38. The second kappa shape index (κ2) is 11.3. The van der Waals surface area contributed by atoms with Crippen molar-refractivity contribution < 1.29 is 19.4 Å². The van der Waals surface area contributed by atoms with Gasteiger partial charge in [0.25, 0.3) is 0 Å². The number of nitrogens with zero attached hydrogens (tertiary/aromatic N) is 3. The number of pyridine rings is 2. The minimum absolute atomic E-state index is 0. The number of sulfone groups is 1. The molecule has 0 aliphatic carbocycles. The Hall–Kier alpha value is -3.46. The Morgan fingerprint density at radius 2 is 1.78 bits per heavy atom. The van der Waals surface area contributed by atoms with Gasteiger partial charge < -0.3 is 15.4 Å². The Kier molecular flexibility index (Phi) is 8.12. The Balaban J connectivity index is 0.00000400. The molecule has 0 radical (unpaired) electrons. The summed E-state index contributed by atoms with van der Waals surface area (Å²) in [7, 11) is -3.97. The van der Waals surface area contributed by atoms with Gasteiger partial charge in [0, 0.05) is 20.1 Å². The lowest BCUT2D eigenvalue weighted by molar-refractivity contribution is 0.102. The van der Waals surface area contributed by atoms with E-state index in [4.69, 9.17) is 15.5 Å². The lowest BCUT2D eigenvalue weighted by Gasteiger charge is -2.32. The van der Waals surface area contributed by atoms with Crippen molar-refractivity contribution in [1.82, 2.24) is 9.97 Å². The summed E-state index contributed by atoms with van der Waals surface area (Å²) < 4.78 is 31.6. The van der Waals surface area contributed by atoms with E-state index in [0.717, 1.165) is 37.2 Å². The molecule has 9 heteroatoms. The van der Waals surface area contributed by atoms with E-state index in [2.05, 4.69) is 30.7 Å². The van der Waals surface area contributed by atoms with Crippen LogP contribution < -0.4 is 15.4 Å². The van der Waals surface area contributed by atoms with Crippen LogP contribution in [0.4, 0.5) is 11.6 Å². The van der Waals surface area contributed by atoms with E-state index in [9.17, 15) is 13.2 Å². The number of nitrogens with two attached hydrogens (primary N) is 1. The fourth-order valence-electron chi connectivity index (χ4n) is 4.20. The highest BCUT2D eigenvalue weighted by molar-refractivity contribution is 7.92. The second-order valence-electron chi connectivity index (χ2n) is 10.0. The summed E-state index contributed by atoms with van der Waals surface area (Å²) in [5.74, 6) is 1.19. The van der Waals surface area contributed by atoms with Gasteiger partial charge in [-0.15, -0.1) is 0 Å². The number of aromatic nitrogens is 2. The van der Waals surface area contributed by atoms with Crippen LogP contribution in [0.1, 0.15) is 45.4 Å². The smallest absolute Gasteiger partial charge is 0.203 e. The molecule has 37 heavy (non-hydrogen) atoms. The molecule has 0 unspecified atom stereocenters. The first-order chi connectivity index (χ1) is 17.6. The average molecular weight is 525 g/mol. The van der Waals surface area contributed by atoms with Crippen LogP contribution in [-0.2, 0) is 9.84 Å². The third-order valence-corrected chi connectivity index (χ3v) is 7.88. The zero-order valence-corrected chi connectivity index (χ0v) is 22.4. The number of carbonyl (C=O) groups is 1. The Morgan fingerprint density at radius 1 is 1.08 bits per heavy atom. The third kappa shape index (κ3) is 6.65. The summed E-state index contributed by atoms with van der Waals surface area (Å²) >= 11 is 0. The standard InChI is InChI=1S/C28H34N4O4S.H2/c1-19(2)17-36-22-9-7-21(8-10-22)24-12-11-23(28(30-24)32-15-13-20(3)14-16-32)25(33)18-37(34,35)27-6-4-5-26(29)31-27;/h4-12,19-20H,13-18H2,1-3H3,(H2,29,31);1H. The van der Waals surface area contributed by atoms with Crippen LogP contribution in [-0.4, -0.2) is 49.6 Å². The lowest BCUT2D eigenvalue weighted by atomic mass is 9.98. The molecule has 1 fully saturated rings. The lowest BCUT2D eigenvalue weighted by Crippen LogP contribution is -2.35. The highest BCUT2D eigenvalue weighted by Gasteiger charge is 2.27. The Bertz CT molecular complexity index is 1360. The molecule has 8 nitrogen and oxygen atoms in total. The minimum Gasteiger partial charge on any atom is -0.493 e. The largest absolute Gasteiger partial charge is 0.493 e. The molecule has 3 aromatic rings. The number of rotatable bonds is 9. The van der Waals surface area contributed by atoms with Gasteiger partial charge in [-0.3, -0.25) is 4.79 Å². The molecule has 198 valence electrons. The Morgan fingerprint density at radius 3 is 2.43 bits per heavy atom. The number of piperidine rings is 1. The van der Waals surface area contributed by atoms with Crippen molar-refractivity contribution in [3.63, 3.8) is 0 Å². The topological polar surface area (TPSA) is 115 Å². The number of anilines is 2.